The molecular formula is C22H22N2O3S3. The zero-order valence-electron chi connectivity index (χ0n) is 16.6. The summed E-state index contributed by atoms with van der Waals surface area (Å²) in [6.07, 6.45) is 4.92. The van der Waals surface area contributed by atoms with Crippen molar-refractivity contribution in [1.82, 2.24) is 4.98 Å². The molecule has 0 radical (unpaired) electrons. The Labute approximate surface area is 184 Å². The highest BCUT2D eigenvalue weighted by Crippen LogP contribution is 2.27. The third-order valence-corrected chi connectivity index (χ3v) is 8.38. The summed E-state index contributed by atoms with van der Waals surface area (Å²) < 4.78 is 25.3. The van der Waals surface area contributed by atoms with Gasteiger partial charge in [0.05, 0.1) is 16.3 Å². The fraction of sp³-hybridized carbons (Fsp3) is 0.273. The molecule has 0 spiro atoms. The van der Waals surface area contributed by atoms with Crippen LogP contribution in [0.5, 0.6) is 0 Å². The van der Waals surface area contributed by atoms with Gasteiger partial charge in [-0.05, 0) is 60.9 Å². The number of anilines is 1. The molecule has 5 nitrogen and oxygen atoms in total. The number of hydrogen-bond acceptors (Lipinski definition) is 6. The van der Waals surface area contributed by atoms with Gasteiger partial charge in [-0.3, -0.25) is 4.79 Å². The van der Waals surface area contributed by atoms with Crippen LogP contribution in [-0.2, 0) is 27.5 Å². The zero-order valence-corrected chi connectivity index (χ0v) is 19.0. The summed E-state index contributed by atoms with van der Waals surface area (Å²) in [5.41, 5.74) is 4.10. The van der Waals surface area contributed by atoms with Crippen LogP contribution in [0.2, 0.25) is 0 Å². The largest absolute Gasteiger partial charge is 0.302 e. The van der Waals surface area contributed by atoms with Crippen LogP contribution in [0.1, 0.15) is 24.0 Å². The van der Waals surface area contributed by atoms with E-state index in [0.29, 0.717) is 10.0 Å². The predicted molar refractivity (Wildman–Crippen MR) is 123 cm³/mol. The Kier molecular flexibility index (Phi) is 6.26. The van der Waals surface area contributed by atoms with Crippen molar-refractivity contribution in [3.63, 3.8) is 0 Å². The maximum atomic E-state index is 12.6. The van der Waals surface area contributed by atoms with E-state index in [0.717, 1.165) is 36.1 Å². The fourth-order valence-electron chi connectivity index (χ4n) is 3.49. The van der Waals surface area contributed by atoms with E-state index in [4.69, 9.17) is 0 Å². The molecule has 1 N–H and O–H groups in total. The SMILES string of the molecule is CSc1ccc(-c2csc(NC(=O)CCS(=O)(=O)c3ccc4c(c3)CCC4)n2)cc1. The van der Waals surface area contributed by atoms with Gasteiger partial charge in [0.15, 0.2) is 15.0 Å². The Morgan fingerprint density at radius 3 is 2.67 bits per heavy atom. The Balaban J connectivity index is 1.36. The second kappa shape index (κ2) is 8.91. The van der Waals surface area contributed by atoms with Gasteiger partial charge in [-0.15, -0.1) is 23.1 Å². The molecule has 0 saturated carbocycles. The number of benzene rings is 2. The highest BCUT2D eigenvalue weighted by molar-refractivity contribution is 7.98. The minimum Gasteiger partial charge on any atom is -0.302 e. The maximum Gasteiger partial charge on any atom is 0.227 e. The maximum absolute atomic E-state index is 12.6. The second-order valence-electron chi connectivity index (χ2n) is 7.17. The predicted octanol–water partition coefficient (Wildman–Crippen LogP) is 4.82. The molecule has 1 heterocycles. The van der Waals surface area contributed by atoms with Gasteiger partial charge in [0.1, 0.15) is 0 Å². The fourth-order valence-corrected chi connectivity index (χ4v) is 5.92. The molecule has 0 unspecified atom stereocenters. The van der Waals surface area contributed by atoms with E-state index in [1.807, 2.05) is 42.0 Å². The molecule has 0 aliphatic heterocycles. The standard InChI is InChI=1S/C22H22N2O3S3/c1-28-18-8-5-16(6-9-18)20-14-29-22(23-20)24-21(25)11-12-30(26,27)19-10-7-15-3-2-4-17(15)13-19/h5-10,13-14H,2-4,11-12H2,1H3,(H,23,24,25). The van der Waals surface area contributed by atoms with Gasteiger partial charge >= 0.3 is 0 Å². The number of rotatable bonds is 7. The number of hydrogen-bond donors (Lipinski definition) is 1. The minimum atomic E-state index is -3.49. The number of sulfone groups is 1. The normalized spacial score (nSPS) is 13.2. The van der Waals surface area contributed by atoms with Crippen LogP contribution in [0, 0.1) is 0 Å². The van der Waals surface area contributed by atoms with Crippen LogP contribution in [0.15, 0.2) is 57.6 Å². The first-order valence-electron chi connectivity index (χ1n) is 9.69. The van der Waals surface area contributed by atoms with Crippen molar-refractivity contribution >= 4 is 44.0 Å². The number of carbonyl (C=O) groups is 1. The van der Waals surface area contributed by atoms with Gasteiger partial charge in [-0.25, -0.2) is 13.4 Å². The van der Waals surface area contributed by atoms with Crippen LogP contribution >= 0.6 is 23.1 Å². The highest BCUT2D eigenvalue weighted by Gasteiger charge is 2.20. The van der Waals surface area contributed by atoms with Crippen molar-refractivity contribution in [1.29, 1.82) is 0 Å². The molecule has 30 heavy (non-hydrogen) atoms. The number of thiazole rings is 1. The van der Waals surface area contributed by atoms with Gasteiger partial charge in [0.2, 0.25) is 5.91 Å². The lowest BCUT2D eigenvalue weighted by atomic mass is 10.1. The molecule has 3 aromatic rings. The van der Waals surface area contributed by atoms with Crippen LogP contribution < -0.4 is 5.32 Å². The monoisotopic (exact) mass is 458 g/mol. The molecule has 0 saturated heterocycles. The number of fused-ring (bicyclic) bond motifs is 1. The van der Waals surface area contributed by atoms with Crippen LogP contribution in [0.3, 0.4) is 0 Å². The van der Waals surface area contributed by atoms with E-state index < -0.39 is 9.84 Å². The number of thioether (sulfide) groups is 1. The van der Waals surface area contributed by atoms with E-state index in [1.165, 1.54) is 21.8 Å². The summed E-state index contributed by atoms with van der Waals surface area (Å²) in [4.78, 5) is 18.2. The number of aryl methyl sites for hydroxylation is 2. The molecule has 0 atom stereocenters. The molecule has 0 fully saturated rings. The number of aromatic nitrogens is 1. The molecule has 1 amide bonds. The van der Waals surface area contributed by atoms with Crippen LogP contribution in [0.25, 0.3) is 11.3 Å². The molecule has 0 bridgehead atoms. The van der Waals surface area contributed by atoms with Crippen LogP contribution in [0.4, 0.5) is 5.13 Å². The molecule has 4 rings (SSSR count). The van der Waals surface area contributed by atoms with Crippen molar-refractivity contribution in [3.8, 4) is 11.3 Å². The van der Waals surface area contributed by atoms with Gasteiger partial charge in [-0.1, -0.05) is 18.2 Å². The quantitative estimate of drug-likeness (QED) is 0.514. The number of amides is 1. The van der Waals surface area contributed by atoms with E-state index in [2.05, 4.69) is 10.3 Å². The van der Waals surface area contributed by atoms with Crippen LogP contribution in [-0.4, -0.2) is 31.3 Å². The first-order valence-corrected chi connectivity index (χ1v) is 13.4. The average Bonchev–Trinajstić information content (AvgIpc) is 3.41. The van der Waals surface area contributed by atoms with Crippen molar-refractivity contribution in [3.05, 3.63) is 59.0 Å². The van der Waals surface area contributed by atoms with E-state index in [-0.39, 0.29) is 18.1 Å². The summed E-state index contributed by atoms with van der Waals surface area (Å²) in [6.45, 7) is 0. The molecule has 1 aliphatic rings. The van der Waals surface area contributed by atoms with Gasteiger partial charge in [0, 0.05) is 22.3 Å². The van der Waals surface area contributed by atoms with Crippen molar-refractivity contribution < 1.29 is 13.2 Å². The van der Waals surface area contributed by atoms with E-state index in [9.17, 15) is 13.2 Å². The van der Waals surface area contributed by atoms with Gasteiger partial charge in [0.25, 0.3) is 0 Å². The zero-order chi connectivity index (χ0) is 21.1. The summed E-state index contributed by atoms with van der Waals surface area (Å²) >= 11 is 3.00. The summed E-state index contributed by atoms with van der Waals surface area (Å²) in [6, 6.07) is 13.4. The third kappa shape index (κ3) is 4.77. The van der Waals surface area contributed by atoms with E-state index in [1.54, 1.807) is 23.9 Å². The Bertz CT molecular complexity index is 1170. The Morgan fingerprint density at radius 2 is 1.90 bits per heavy atom. The van der Waals surface area contributed by atoms with Crippen molar-refractivity contribution in [2.75, 3.05) is 17.3 Å². The lowest BCUT2D eigenvalue weighted by Crippen LogP contribution is -2.17. The topological polar surface area (TPSA) is 76.1 Å². The molecule has 1 aromatic heterocycles. The van der Waals surface area contributed by atoms with E-state index >= 15 is 0 Å². The first kappa shape index (κ1) is 21.1. The summed E-state index contributed by atoms with van der Waals surface area (Å²) in [5, 5.41) is 5.07. The van der Waals surface area contributed by atoms with Gasteiger partial charge < -0.3 is 5.32 Å². The molecule has 156 valence electrons. The number of nitrogens with zero attached hydrogens (tertiary/aromatic N) is 1. The molecule has 1 aliphatic carbocycles. The van der Waals surface area contributed by atoms with Gasteiger partial charge in [-0.2, -0.15) is 0 Å². The second-order valence-corrected chi connectivity index (χ2v) is 11.0. The lowest BCUT2D eigenvalue weighted by molar-refractivity contribution is -0.115. The summed E-state index contributed by atoms with van der Waals surface area (Å²) in [7, 11) is -3.49. The van der Waals surface area contributed by atoms with Crippen molar-refractivity contribution in [2.45, 2.75) is 35.5 Å². The highest BCUT2D eigenvalue weighted by atomic mass is 32.2. The molecular weight excluding hydrogens is 436 g/mol. The number of carbonyl (C=O) groups excluding carboxylic acids is 1. The third-order valence-electron chi connectivity index (χ3n) is 5.16. The lowest BCUT2D eigenvalue weighted by Gasteiger charge is -2.07. The smallest absolute Gasteiger partial charge is 0.227 e. The molecule has 8 heteroatoms. The Hall–Kier alpha value is -2.16. The molecule has 2 aromatic carbocycles. The average molecular weight is 459 g/mol. The Morgan fingerprint density at radius 1 is 1.13 bits per heavy atom. The first-order chi connectivity index (χ1) is 14.4. The minimum absolute atomic E-state index is 0.100. The van der Waals surface area contributed by atoms with Crippen molar-refractivity contribution in [2.24, 2.45) is 0 Å². The number of nitrogens with one attached hydrogen (secondary N) is 1. The summed E-state index contributed by atoms with van der Waals surface area (Å²) in [5.74, 6) is -0.565.